The molecule has 3 N–H and O–H groups in total. The number of fused-ring (bicyclic) bond motifs is 2. The fourth-order valence-corrected chi connectivity index (χ4v) is 11.1. The van der Waals surface area contributed by atoms with E-state index in [0.717, 1.165) is 101 Å². The average molecular weight is 937 g/mol. The summed E-state index contributed by atoms with van der Waals surface area (Å²) in [6.45, 7) is 12.8. The van der Waals surface area contributed by atoms with Gasteiger partial charge in [0, 0.05) is 93.1 Å². The molecule has 4 aliphatic rings. The van der Waals surface area contributed by atoms with Crippen molar-refractivity contribution >= 4 is 57.8 Å². The normalized spacial score (nSPS) is 21.4. The summed E-state index contributed by atoms with van der Waals surface area (Å²) >= 11 is 3.09. The Kier molecular flexibility index (Phi) is 13.6. The Hall–Kier alpha value is -5.53. The number of aliphatic hydroxyl groups is 1. The maximum absolute atomic E-state index is 14.3. The summed E-state index contributed by atoms with van der Waals surface area (Å²) in [4.78, 5) is 52.3. The Morgan fingerprint density at radius 1 is 0.985 bits per heavy atom. The number of rotatable bonds is 16. The smallest absolute Gasteiger partial charge is 0.270 e. The number of β-amino-alcohol motifs (C(OH)–C–C–N with tert-alkyl or cyclic N) is 1. The van der Waals surface area contributed by atoms with Crippen LogP contribution in [0.4, 0.5) is 22.9 Å². The predicted molar refractivity (Wildman–Crippen MR) is 253 cm³/mol. The van der Waals surface area contributed by atoms with Crippen molar-refractivity contribution in [3.63, 3.8) is 0 Å². The van der Waals surface area contributed by atoms with Crippen LogP contribution in [0.15, 0.2) is 86.6 Å². The van der Waals surface area contributed by atoms with E-state index in [1.807, 2.05) is 81.7 Å². The highest BCUT2D eigenvalue weighted by atomic mass is 32.2. The number of aliphatic hydroxyl groups excluding tert-OH is 1. The van der Waals surface area contributed by atoms with Gasteiger partial charge in [0.2, 0.25) is 11.8 Å². The van der Waals surface area contributed by atoms with Crippen LogP contribution in [0.3, 0.4) is 0 Å². The molecule has 1 unspecified atom stereocenters. The van der Waals surface area contributed by atoms with Crippen molar-refractivity contribution < 1.29 is 33.6 Å². The van der Waals surface area contributed by atoms with Crippen molar-refractivity contribution in [2.24, 2.45) is 5.92 Å². The third-order valence-corrected chi connectivity index (χ3v) is 15.1. The van der Waals surface area contributed by atoms with Crippen LogP contribution in [0.25, 0.3) is 10.4 Å². The van der Waals surface area contributed by atoms with Gasteiger partial charge in [-0.05, 0) is 61.6 Å². The first-order valence-corrected chi connectivity index (χ1v) is 24.4. The SMILES string of the molecule is Cc1ncsc1-c1ccc([C@H](C)NC(=O)[C@@H]2C[C@@H](O)CN2C(=O)C(c2cc(N3CCN(CCCOC4CC(Oc5ccc6c(c5)Sc5cc([N+](=O)[O-])ccc5N6)C4)CC3)no2)C(C)C)cc1. The number of anilines is 3. The number of carbonyl (C=O) groups is 2. The minimum Gasteiger partial charge on any atom is -0.490 e. The van der Waals surface area contributed by atoms with Crippen LogP contribution in [-0.4, -0.2) is 112 Å². The van der Waals surface area contributed by atoms with Gasteiger partial charge in [0.05, 0.1) is 50.6 Å². The molecule has 1 saturated carbocycles. The molecule has 3 aromatic carbocycles. The molecule has 1 aliphatic carbocycles. The monoisotopic (exact) mass is 936 g/mol. The minimum absolute atomic E-state index is 0.0693. The van der Waals surface area contributed by atoms with Gasteiger partial charge in [0.15, 0.2) is 11.6 Å². The zero-order valence-corrected chi connectivity index (χ0v) is 39.2. The quantitative estimate of drug-likeness (QED) is 0.0482. The molecular weight excluding hydrogens is 881 g/mol. The fraction of sp³-hybridized carbons (Fsp3) is 0.458. The zero-order chi connectivity index (χ0) is 46.1. The van der Waals surface area contributed by atoms with Crippen LogP contribution in [0.2, 0.25) is 0 Å². The molecule has 18 heteroatoms. The predicted octanol–water partition coefficient (Wildman–Crippen LogP) is 7.94. The molecule has 3 fully saturated rings. The highest BCUT2D eigenvalue weighted by molar-refractivity contribution is 7.99. The Balaban J connectivity index is 0.699. The number of hydrogen-bond acceptors (Lipinski definition) is 15. The van der Waals surface area contributed by atoms with E-state index in [9.17, 15) is 24.8 Å². The summed E-state index contributed by atoms with van der Waals surface area (Å²) in [5.74, 6) is 0.566. The first-order valence-electron chi connectivity index (χ1n) is 22.8. The number of piperazine rings is 1. The lowest BCUT2D eigenvalue weighted by Crippen LogP contribution is -2.48. The first kappa shape index (κ1) is 45.6. The number of thiazole rings is 1. The number of nitrogens with zero attached hydrogens (tertiary/aromatic N) is 6. The third kappa shape index (κ3) is 10.1. The number of likely N-dealkylation sites (tertiary alicyclic amines) is 1. The standard InChI is InChI=1S/C48H56N8O8S2/c1-28(2)45(48(59)55-26-34(57)21-40(55)47(58)50-29(3)31-6-8-32(9-7-31)46-30(4)49-27-65-46)41-25-44(52-64-41)54-17-15-53(16-18-54)14-5-19-62-36-22-37(23-36)63-35-11-13-39-43(24-35)66-42-20-33(56(60)61)10-12-38(42)51-39/h6-13,20,24-25,27-29,34,36-37,40,45,51,57H,5,14-19,21-23,26H2,1-4H3,(H,50,58)/t29-,34+,36?,37?,40-,45?/m0/s1. The van der Waals surface area contributed by atoms with Gasteiger partial charge in [-0.25, -0.2) is 4.98 Å². The number of aryl methyl sites for hydroxylation is 1. The first-order chi connectivity index (χ1) is 31.9. The largest absolute Gasteiger partial charge is 0.490 e. The van der Waals surface area contributed by atoms with Crippen molar-refractivity contribution in [2.75, 3.05) is 56.1 Å². The molecule has 9 rings (SSSR count). The van der Waals surface area contributed by atoms with E-state index in [1.165, 1.54) is 22.7 Å². The van der Waals surface area contributed by atoms with Gasteiger partial charge in [-0.15, -0.1) is 11.3 Å². The Morgan fingerprint density at radius 3 is 2.44 bits per heavy atom. The summed E-state index contributed by atoms with van der Waals surface area (Å²) in [7, 11) is 0. The van der Waals surface area contributed by atoms with Gasteiger partial charge in [-0.3, -0.25) is 24.6 Å². The van der Waals surface area contributed by atoms with E-state index < -0.39 is 18.1 Å². The lowest BCUT2D eigenvalue weighted by atomic mass is 9.91. The van der Waals surface area contributed by atoms with E-state index >= 15 is 0 Å². The summed E-state index contributed by atoms with van der Waals surface area (Å²) in [5, 5.41) is 32.8. The topological polar surface area (TPSA) is 189 Å². The van der Waals surface area contributed by atoms with E-state index in [0.29, 0.717) is 18.2 Å². The van der Waals surface area contributed by atoms with Gasteiger partial charge in [0.1, 0.15) is 23.8 Å². The van der Waals surface area contributed by atoms with E-state index in [4.69, 9.17) is 14.0 Å². The molecule has 5 heterocycles. The average Bonchev–Trinajstić information content (AvgIpc) is 4.06. The number of nitrogens with one attached hydrogen (secondary N) is 2. The number of nitro benzene ring substituents is 1. The molecule has 0 radical (unpaired) electrons. The summed E-state index contributed by atoms with van der Waals surface area (Å²) in [6.07, 6.45) is 2.20. The number of amides is 2. The van der Waals surface area contributed by atoms with Crippen LogP contribution in [0.5, 0.6) is 5.75 Å². The molecule has 0 spiro atoms. The van der Waals surface area contributed by atoms with Crippen LogP contribution in [-0.2, 0) is 14.3 Å². The molecule has 5 aromatic rings. The Labute approximate surface area is 392 Å². The number of benzene rings is 3. The van der Waals surface area contributed by atoms with Crippen molar-refractivity contribution in [1.29, 1.82) is 0 Å². The van der Waals surface area contributed by atoms with Gasteiger partial charge in [0.25, 0.3) is 5.69 Å². The number of non-ortho nitro benzene ring substituents is 1. The zero-order valence-electron chi connectivity index (χ0n) is 37.6. The highest BCUT2D eigenvalue weighted by Gasteiger charge is 2.44. The molecule has 2 aromatic heterocycles. The summed E-state index contributed by atoms with van der Waals surface area (Å²) in [5.41, 5.74) is 6.70. The maximum Gasteiger partial charge on any atom is 0.270 e. The third-order valence-electron chi connectivity index (χ3n) is 13.0. The molecule has 348 valence electrons. The van der Waals surface area contributed by atoms with Gasteiger partial charge in [-0.1, -0.05) is 55.0 Å². The highest BCUT2D eigenvalue weighted by Crippen LogP contribution is 2.47. The number of hydrogen-bond donors (Lipinski definition) is 3. The van der Waals surface area contributed by atoms with E-state index in [1.54, 1.807) is 23.5 Å². The number of aromatic nitrogens is 2. The number of carbonyl (C=O) groups excluding carboxylic acids is 2. The lowest BCUT2D eigenvalue weighted by molar-refractivity contribution is -0.385. The molecule has 3 aliphatic heterocycles. The molecule has 2 amide bonds. The Morgan fingerprint density at radius 2 is 1.73 bits per heavy atom. The summed E-state index contributed by atoms with van der Waals surface area (Å²) < 4.78 is 18.3. The van der Waals surface area contributed by atoms with Crippen LogP contribution >= 0.6 is 23.1 Å². The lowest BCUT2D eigenvalue weighted by Gasteiger charge is -2.36. The molecule has 66 heavy (non-hydrogen) atoms. The van der Waals surface area contributed by atoms with Crippen LogP contribution < -0.4 is 20.3 Å². The number of ether oxygens (including phenoxy) is 2. The van der Waals surface area contributed by atoms with Gasteiger partial charge >= 0.3 is 0 Å². The second kappa shape index (κ2) is 19.7. The molecule has 16 nitrogen and oxygen atoms in total. The molecule has 2 saturated heterocycles. The molecular formula is C48H56N8O8S2. The second-order valence-corrected chi connectivity index (χ2v) is 20.0. The number of nitro groups is 1. The van der Waals surface area contributed by atoms with E-state index in [-0.39, 0.29) is 59.6 Å². The fourth-order valence-electron chi connectivity index (χ4n) is 9.21. The van der Waals surface area contributed by atoms with Crippen molar-refractivity contribution in [3.8, 4) is 16.2 Å². The molecule has 4 atom stereocenters. The second-order valence-electron chi connectivity index (χ2n) is 18.0. The van der Waals surface area contributed by atoms with Crippen molar-refractivity contribution in [2.45, 2.75) is 99.5 Å². The van der Waals surface area contributed by atoms with Gasteiger partial charge in [-0.2, -0.15) is 0 Å². The van der Waals surface area contributed by atoms with Crippen LogP contribution in [0, 0.1) is 23.0 Å². The minimum atomic E-state index is -0.809. The van der Waals surface area contributed by atoms with E-state index in [2.05, 4.69) is 30.6 Å². The maximum atomic E-state index is 14.3. The van der Waals surface area contributed by atoms with Crippen molar-refractivity contribution in [3.05, 3.63) is 99.4 Å². The summed E-state index contributed by atoms with van der Waals surface area (Å²) in [6, 6.07) is 19.6. The van der Waals surface area contributed by atoms with Crippen LogP contribution in [0.1, 0.15) is 75.4 Å². The Bertz CT molecular complexity index is 2540. The van der Waals surface area contributed by atoms with Crippen molar-refractivity contribution in [1.82, 2.24) is 25.3 Å². The van der Waals surface area contributed by atoms with Gasteiger partial charge < -0.3 is 39.5 Å². The molecule has 0 bridgehead atoms.